The third-order valence-corrected chi connectivity index (χ3v) is 12.5. The van der Waals surface area contributed by atoms with Gasteiger partial charge in [-0.25, -0.2) is 0 Å². The maximum absolute atomic E-state index is 4.60. The van der Waals surface area contributed by atoms with Crippen LogP contribution >= 0.6 is 0 Å². The second-order valence-electron chi connectivity index (χ2n) is 15.9. The molecule has 0 unspecified atom stereocenters. The van der Waals surface area contributed by atoms with E-state index in [1.54, 1.807) is 0 Å². The van der Waals surface area contributed by atoms with Gasteiger partial charge in [0.05, 0.1) is 11.4 Å². The fourth-order valence-electron chi connectivity index (χ4n) is 9.67. The SMILES string of the molecule is c1ccc(-c2ccc(N(c3ccc4c(ccc5cc(-c6c7ccccc7c(-c7cccc8ccccc78)c7ccccc67)ccc54)c3)c3cccc4ccccc34)cc2)nc1. The Labute approximate surface area is 354 Å². The number of nitrogens with zero attached hydrogens (tertiary/aromatic N) is 2. The molecule has 0 saturated carbocycles. The van der Waals surface area contributed by atoms with Gasteiger partial charge in [0.15, 0.2) is 0 Å². The number of hydrogen-bond donors (Lipinski definition) is 0. The number of benzene rings is 11. The van der Waals surface area contributed by atoms with Crippen LogP contribution in [0.1, 0.15) is 0 Å². The van der Waals surface area contributed by atoms with Crippen molar-refractivity contribution in [2.24, 2.45) is 0 Å². The lowest BCUT2D eigenvalue weighted by molar-refractivity contribution is 1.29. The summed E-state index contributed by atoms with van der Waals surface area (Å²) in [5.41, 5.74) is 10.4. The van der Waals surface area contributed by atoms with E-state index in [9.17, 15) is 0 Å². The summed E-state index contributed by atoms with van der Waals surface area (Å²) in [5.74, 6) is 0. The zero-order valence-electron chi connectivity index (χ0n) is 33.3. The van der Waals surface area contributed by atoms with Crippen molar-refractivity contribution in [2.45, 2.75) is 0 Å². The highest BCUT2D eigenvalue weighted by Crippen LogP contribution is 2.46. The quantitative estimate of drug-likeness (QED) is 0.124. The molecule has 11 aromatic carbocycles. The first-order chi connectivity index (χ1) is 30.3. The molecule has 0 amide bonds. The molecule has 0 atom stereocenters. The van der Waals surface area contributed by atoms with E-state index in [0.29, 0.717) is 0 Å². The van der Waals surface area contributed by atoms with Crippen LogP contribution in [0.25, 0.3) is 98.1 Å². The van der Waals surface area contributed by atoms with Gasteiger partial charge in [-0.1, -0.05) is 176 Å². The Kier molecular flexibility index (Phi) is 8.21. The second kappa shape index (κ2) is 14.3. The van der Waals surface area contributed by atoms with E-state index >= 15 is 0 Å². The fourth-order valence-corrected chi connectivity index (χ4v) is 9.67. The molecule has 0 bridgehead atoms. The molecular weight excluding hydrogens is 737 g/mol. The van der Waals surface area contributed by atoms with Gasteiger partial charge in [-0.15, -0.1) is 0 Å². The van der Waals surface area contributed by atoms with Gasteiger partial charge in [-0.05, 0) is 130 Å². The first-order valence-electron chi connectivity index (χ1n) is 20.9. The monoisotopic (exact) mass is 774 g/mol. The summed E-state index contributed by atoms with van der Waals surface area (Å²) in [4.78, 5) is 6.98. The van der Waals surface area contributed by atoms with E-state index < -0.39 is 0 Å². The Balaban J connectivity index is 1.00. The molecule has 1 heterocycles. The number of aromatic nitrogens is 1. The molecule has 61 heavy (non-hydrogen) atoms. The lowest BCUT2D eigenvalue weighted by atomic mass is 9.84. The van der Waals surface area contributed by atoms with Crippen LogP contribution in [-0.2, 0) is 0 Å². The molecule has 0 aliphatic carbocycles. The summed E-state index contributed by atoms with van der Waals surface area (Å²) in [5, 5.41) is 14.9. The Bertz CT molecular complexity index is 3580. The van der Waals surface area contributed by atoms with E-state index in [4.69, 9.17) is 0 Å². The Morgan fingerprint density at radius 2 is 0.820 bits per heavy atom. The molecule has 0 radical (unpaired) electrons. The van der Waals surface area contributed by atoms with Crippen LogP contribution in [-0.4, -0.2) is 4.98 Å². The van der Waals surface area contributed by atoms with Crippen molar-refractivity contribution >= 4 is 81.7 Å². The van der Waals surface area contributed by atoms with Crippen molar-refractivity contribution in [3.8, 4) is 33.5 Å². The number of hydrogen-bond acceptors (Lipinski definition) is 2. The van der Waals surface area contributed by atoms with Gasteiger partial charge in [0.1, 0.15) is 0 Å². The van der Waals surface area contributed by atoms with E-state index in [2.05, 4.69) is 222 Å². The van der Waals surface area contributed by atoms with Gasteiger partial charge in [0, 0.05) is 28.5 Å². The smallest absolute Gasteiger partial charge is 0.0701 e. The maximum atomic E-state index is 4.60. The zero-order valence-corrected chi connectivity index (χ0v) is 33.3. The van der Waals surface area contributed by atoms with Crippen LogP contribution in [0.2, 0.25) is 0 Å². The molecule has 0 fully saturated rings. The molecule has 0 aliphatic rings. The predicted molar refractivity (Wildman–Crippen MR) is 260 cm³/mol. The normalized spacial score (nSPS) is 11.6. The fraction of sp³-hybridized carbons (Fsp3) is 0. The number of rotatable bonds is 6. The molecule has 12 rings (SSSR count). The molecule has 0 spiro atoms. The average molecular weight is 775 g/mol. The van der Waals surface area contributed by atoms with Gasteiger partial charge in [0.25, 0.3) is 0 Å². The second-order valence-corrected chi connectivity index (χ2v) is 15.9. The largest absolute Gasteiger partial charge is 0.310 e. The summed E-state index contributed by atoms with van der Waals surface area (Å²) in [7, 11) is 0. The summed E-state index contributed by atoms with van der Waals surface area (Å²) in [6.45, 7) is 0. The van der Waals surface area contributed by atoms with E-state index in [1.807, 2.05) is 18.3 Å². The van der Waals surface area contributed by atoms with Crippen LogP contribution in [0.15, 0.2) is 231 Å². The lowest BCUT2D eigenvalue weighted by Crippen LogP contribution is -2.10. The Hall–Kier alpha value is -8.07. The minimum Gasteiger partial charge on any atom is -0.310 e. The Morgan fingerprint density at radius 3 is 1.51 bits per heavy atom. The molecule has 1 aromatic heterocycles. The van der Waals surface area contributed by atoms with Crippen molar-refractivity contribution < 1.29 is 0 Å². The Morgan fingerprint density at radius 1 is 0.295 bits per heavy atom. The first-order valence-corrected chi connectivity index (χ1v) is 20.9. The summed E-state index contributed by atoms with van der Waals surface area (Å²) < 4.78 is 0. The van der Waals surface area contributed by atoms with Crippen molar-refractivity contribution in [1.82, 2.24) is 4.98 Å². The van der Waals surface area contributed by atoms with Crippen molar-refractivity contribution in [2.75, 3.05) is 4.90 Å². The summed E-state index contributed by atoms with van der Waals surface area (Å²) in [6.07, 6.45) is 1.85. The number of pyridine rings is 1. The van der Waals surface area contributed by atoms with Crippen LogP contribution in [0.4, 0.5) is 17.1 Å². The zero-order chi connectivity index (χ0) is 40.3. The average Bonchev–Trinajstić information content (AvgIpc) is 3.33. The van der Waals surface area contributed by atoms with Crippen molar-refractivity contribution in [3.63, 3.8) is 0 Å². The van der Waals surface area contributed by atoms with Gasteiger partial charge >= 0.3 is 0 Å². The highest BCUT2D eigenvalue weighted by molar-refractivity contribution is 6.24. The molecule has 284 valence electrons. The maximum Gasteiger partial charge on any atom is 0.0701 e. The highest BCUT2D eigenvalue weighted by atomic mass is 15.1. The molecule has 0 N–H and O–H groups in total. The highest BCUT2D eigenvalue weighted by Gasteiger charge is 2.20. The van der Waals surface area contributed by atoms with E-state index in [0.717, 1.165) is 28.3 Å². The third kappa shape index (κ3) is 5.84. The van der Waals surface area contributed by atoms with Gasteiger partial charge in [-0.3, -0.25) is 4.98 Å². The number of fused-ring (bicyclic) bond motifs is 7. The van der Waals surface area contributed by atoms with Crippen LogP contribution in [0, 0.1) is 0 Å². The topological polar surface area (TPSA) is 16.1 Å². The van der Waals surface area contributed by atoms with Gasteiger partial charge in [-0.2, -0.15) is 0 Å². The molecule has 2 nitrogen and oxygen atoms in total. The molecule has 0 aliphatic heterocycles. The first kappa shape index (κ1) is 34.9. The van der Waals surface area contributed by atoms with Crippen molar-refractivity contribution in [3.05, 3.63) is 231 Å². The van der Waals surface area contributed by atoms with Crippen LogP contribution < -0.4 is 4.90 Å². The molecule has 2 heteroatoms. The van der Waals surface area contributed by atoms with Crippen LogP contribution in [0.5, 0.6) is 0 Å². The van der Waals surface area contributed by atoms with Gasteiger partial charge in [0.2, 0.25) is 0 Å². The molecule has 0 saturated heterocycles. The number of anilines is 3. The standard InChI is InChI=1S/C59H38N2/c1-3-17-47-39(13-1)15-11-23-51(47)59-54-21-7-5-19-52(54)58(53-20-6-8-22-55(53)59)44-30-34-48-42(37-44)26-27-43-38-46(33-35-49(43)48)61(57-25-12-16-40-14-2-4-18-50(40)57)45-31-28-41(29-32-45)56-24-9-10-36-60-56/h1-38H. The van der Waals surface area contributed by atoms with Crippen molar-refractivity contribution in [1.29, 1.82) is 0 Å². The van der Waals surface area contributed by atoms with Gasteiger partial charge < -0.3 is 4.90 Å². The van der Waals surface area contributed by atoms with E-state index in [1.165, 1.54) is 86.9 Å². The minimum atomic E-state index is 0.964. The van der Waals surface area contributed by atoms with Crippen LogP contribution in [0.3, 0.4) is 0 Å². The molecular formula is C59H38N2. The minimum absolute atomic E-state index is 0.964. The lowest BCUT2D eigenvalue weighted by Gasteiger charge is -2.27. The third-order valence-electron chi connectivity index (χ3n) is 12.5. The summed E-state index contributed by atoms with van der Waals surface area (Å²) in [6, 6.07) is 81.9. The molecule has 12 aromatic rings. The van der Waals surface area contributed by atoms with E-state index in [-0.39, 0.29) is 0 Å². The summed E-state index contributed by atoms with van der Waals surface area (Å²) >= 11 is 0. The predicted octanol–water partition coefficient (Wildman–Crippen LogP) is 16.5.